The molecule has 1 fully saturated rings. The van der Waals surface area contributed by atoms with Crippen molar-refractivity contribution in [3.8, 4) is 12.3 Å². The molecule has 1 aromatic rings. The number of carbonyl (C=O) groups excluding carboxylic acids is 1. The van der Waals surface area contributed by atoms with Crippen molar-refractivity contribution < 1.29 is 14.3 Å². The summed E-state index contributed by atoms with van der Waals surface area (Å²) in [5.41, 5.74) is 0.266. The number of ether oxygens (including phenoxy) is 2. The Bertz CT molecular complexity index is 674. The van der Waals surface area contributed by atoms with Crippen LogP contribution in [0.25, 0.3) is 0 Å². The molecular formula is C16H22N6O3. The summed E-state index contributed by atoms with van der Waals surface area (Å²) in [6.45, 7) is 1.42. The van der Waals surface area contributed by atoms with Crippen molar-refractivity contribution >= 4 is 5.91 Å². The predicted molar refractivity (Wildman–Crippen MR) is 87.4 cm³/mol. The van der Waals surface area contributed by atoms with Gasteiger partial charge in [-0.15, -0.1) is 17.4 Å². The van der Waals surface area contributed by atoms with E-state index in [0.29, 0.717) is 51.1 Å². The Hall–Kier alpha value is -2.31. The first-order chi connectivity index (χ1) is 12.2. The zero-order valence-corrected chi connectivity index (χ0v) is 14.2. The third kappa shape index (κ3) is 4.41. The van der Waals surface area contributed by atoms with E-state index in [0.717, 1.165) is 0 Å². The fraction of sp³-hybridized carbons (Fsp3) is 0.688. The third-order valence-electron chi connectivity index (χ3n) is 4.47. The van der Waals surface area contributed by atoms with E-state index in [1.165, 1.54) is 0 Å². The molecule has 1 amide bonds. The minimum absolute atomic E-state index is 0.0102. The Balaban J connectivity index is 1.42. The van der Waals surface area contributed by atoms with Gasteiger partial charge in [0.15, 0.2) is 5.66 Å². The van der Waals surface area contributed by atoms with Gasteiger partial charge in [-0.1, -0.05) is 5.21 Å². The average molecular weight is 346 g/mol. The van der Waals surface area contributed by atoms with Crippen molar-refractivity contribution in [1.29, 1.82) is 0 Å². The molecule has 3 heterocycles. The first-order valence-corrected chi connectivity index (χ1v) is 8.31. The quantitative estimate of drug-likeness (QED) is 0.667. The van der Waals surface area contributed by atoms with Crippen molar-refractivity contribution in [2.45, 2.75) is 50.0 Å². The fourth-order valence-electron chi connectivity index (χ4n) is 2.81. The Morgan fingerprint density at radius 2 is 2.36 bits per heavy atom. The normalized spacial score (nSPS) is 23.4. The molecular weight excluding hydrogens is 324 g/mol. The molecule has 3 rings (SSSR count). The van der Waals surface area contributed by atoms with Crippen molar-refractivity contribution in [2.24, 2.45) is 10.2 Å². The van der Waals surface area contributed by atoms with E-state index in [4.69, 9.17) is 15.9 Å². The van der Waals surface area contributed by atoms with Crippen LogP contribution in [0, 0.1) is 12.3 Å². The lowest BCUT2D eigenvalue weighted by atomic mass is 10.0. The van der Waals surface area contributed by atoms with E-state index in [1.807, 2.05) is 6.20 Å². The minimum Gasteiger partial charge on any atom is -0.377 e. The average Bonchev–Trinajstić information content (AvgIpc) is 3.02. The standard InChI is InChI=1S/C16H22N6O3/c1-3-4-6-16(19-20-16)7-5-15(23)17-8-12-9-22(21-18-12)13-10-25-11-14(13)24-2/h1,9,13-14H,4-8,10-11H2,2H3,(H,17,23)/t13-,14-/m1/s1. The molecule has 9 nitrogen and oxygen atoms in total. The number of carbonyl (C=O) groups is 1. The van der Waals surface area contributed by atoms with Gasteiger partial charge in [-0.05, 0) is 0 Å². The monoisotopic (exact) mass is 346 g/mol. The van der Waals surface area contributed by atoms with Gasteiger partial charge < -0.3 is 14.8 Å². The summed E-state index contributed by atoms with van der Waals surface area (Å²) >= 11 is 0. The van der Waals surface area contributed by atoms with Gasteiger partial charge in [0, 0.05) is 32.8 Å². The van der Waals surface area contributed by atoms with E-state index in [2.05, 4.69) is 31.8 Å². The number of nitrogens with zero attached hydrogens (tertiary/aromatic N) is 5. The molecule has 0 unspecified atom stereocenters. The van der Waals surface area contributed by atoms with E-state index in [-0.39, 0.29) is 18.1 Å². The Morgan fingerprint density at radius 3 is 3.08 bits per heavy atom. The van der Waals surface area contributed by atoms with Crippen LogP contribution < -0.4 is 5.32 Å². The lowest BCUT2D eigenvalue weighted by Gasteiger charge is -2.15. The summed E-state index contributed by atoms with van der Waals surface area (Å²) in [4.78, 5) is 12.0. The number of nitrogens with one attached hydrogen (secondary N) is 1. The van der Waals surface area contributed by atoms with Crippen LogP contribution in [0.3, 0.4) is 0 Å². The summed E-state index contributed by atoms with van der Waals surface area (Å²) in [5, 5.41) is 19.1. The van der Waals surface area contributed by atoms with E-state index in [9.17, 15) is 4.79 Å². The molecule has 0 bridgehead atoms. The predicted octanol–water partition coefficient (Wildman–Crippen LogP) is 0.836. The van der Waals surface area contributed by atoms with Crippen molar-refractivity contribution in [2.75, 3.05) is 20.3 Å². The first kappa shape index (κ1) is 17.5. The second-order valence-electron chi connectivity index (χ2n) is 6.23. The number of aromatic nitrogens is 3. The second-order valence-corrected chi connectivity index (χ2v) is 6.23. The highest BCUT2D eigenvalue weighted by Crippen LogP contribution is 2.37. The zero-order chi connectivity index (χ0) is 17.7. The van der Waals surface area contributed by atoms with Crippen LogP contribution in [0.1, 0.15) is 37.4 Å². The molecule has 0 spiro atoms. The highest BCUT2D eigenvalue weighted by atomic mass is 16.5. The van der Waals surface area contributed by atoms with Crippen LogP contribution in [-0.2, 0) is 20.8 Å². The summed E-state index contributed by atoms with van der Waals surface area (Å²) in [7, 11) is 1.65. The van der Waals surface area contributed by atoms with Crippen molar-refractivity contribution in [3.63, 3.8) is 0 Å². The van der Waals surface area contributed by atoms with Crippen LogP contribution in [0.5, 0.6) is 0 Å². The molecule has 25 heavy (non-hydrogen) atoms. The molecule has 0 radical (unpaired) electrons. The largest absolute Gasteiger partial charge is 0.377 e. The smallest absolute Gasteiger partial charge is 0.220 e. The van der Waals surface area contributed by atoms with Crippen LogP contribution in [-0.4, -0.2) is 53.0 Å². The van der Waals surface area contributed by atoms with Gasteiger partial charge in [-0.2, -0.15) is 10.2 Å². The van der Waals surface area contributed by atoms with Gasteiger partial charge in [0.05, 0.1) is 26.0 Å². The topological polar surface area (TPSA) is 103 Å². The summed E-state index contributed by atoms with van der Waals surface area (Å²) in [6, 6.07) is 0.0102. The summed E-state index contributed by atoms with van der Waals surface area (Å²) in [6.07, 6.45) is 9.29. The maximum atomic E-state index is 12.0. The second kappa shape index (κ2) is 7.72. The number of hydrogen-bond donors (Lipinski definition) is 1. The van der Waals surface area contributed by atoms with Gasteiger partial charge in [-0.3, -0.25) is 4.79 Å². The molecule has 0 aromatic carbocycles. The van der Waals surface area contributed by atoms with Crippen LogP contribution in [0.4, 0.5) is 0 Å². The maximum absolute atomic E-state index is 12.0. The van der Waals surface area contributed by atoms with Crippen LogP contribution in [0.2, 0.25) is 0 Å². The lowest BCUT2D eigenvalue weighted by Crippen LogP contribution is -2.25. The molecule has 0 saturated carbocycles. The molecule has 134 valence electrons. The molecule has 1 aromatic heterocycles. The first-order valence-electron chi connectivity index (χ1n) is 8.31. The maximum Gasteiger partial charge on any atom is 0.220 e. The van der Waals surface area contributed by atoms with Gasteiger partial charge in [0.2, 0.25) is 5.91 Å². The minimum atomic E-state index is -0.426. The Kier molecular flexibility index (Phi) is 5.40. The lowest BCUT2D eigenvalue weighted by molar-refractivity contribution is -0.121. The SMILES string of the molecule is C#CCCC1(CCC(=O)NCc2cn([C@@H]3COC[C@H]3OC)nn2)N=N1. The molecule has 2 atom stereocenters. The number of terminal acetylenes is 1. The highest BCUT2D eigenvalue weighted by Gasteiger charge is 2.39. The van der Waals surface area contributed by atoms with Crippen LogP contribution in [0.15, 0.2) is 16.4 Å². The number of hydrogen-bond acceptors (Lipinski definition) is 7. The summed E-state index contributed by atoms with van der Waals surface area (Å²) in [5.74, 6) is 2.51. The van der Waals surface area contributed by atoms with Crippen molar-refractivity contribution in [1.82, 2.24) is 20.3 Å². The molecule has 2 aliphatic rings. The Labute approximate surface area is 146 Å². The summed E-state index contributed by atoms with van der Waals surface area (Å²) < 4.78 is 12.5. The number of methoxy groups -OCH3 is 1. The van der Waals surface area contributed by atoms with E-state index in [1.54, 1.807) is 11.8 Å². The molecule has 0 aliphatic carbocycles. The molecule has 2 aliphatic heterocycles. The Morgan fingerprint density at radius 1 is 1.52 bits per heavy atom. The molecule has 1 saturated heterocycles. The zero-order valence-electron chi connectivity index (χ0n) is 14.2. The fourth-order valence-corrected chi connectivity index (χ4v) is 2.81. The van der Waals surface area contributed by atoms with Gasteiger partial charge in [-0.25, -0.2) is 4.68 Å². The van der Waals surface area contributed by atoms with Gasteiger partial charge in [0.1, 0.15) is 17.8 Å². The molecule has 1 N–H and O–H groups in total. The van der Waals surface area contributed by atoms with Crippen molar-refractivity contribution in [3.05, 3.63) is 11.9 Å². The van der Waals surface area contributed by atoms with Gasteiger partial charge in [0.25, 0.3) is 0 Å². The van der Waals surface area contributed by atoms with Crippen LogP contribution >= 0.6 is 0 Å². The highest BCUT2D eigenvalue weighted by molar-refractivity contribution is 5.75. The molecule has 9 heteroatoms. The number of amides is 1. The number of rotatable bonds is 9. The third-order valence-corrected chi connectivity index (χ3v) is 4.47. The van der Waals surface area contributed by atoms with E-state index >= 15 is 0 Å². The van der Waals surface area contributed by atoms with Gasteiger partial charge >= 0.3 is 0 Å². The van der Waals surface area contributed by atoms with E-state index < -0.39 is 5.66 Å².